The average molecular weight is 244 g/mol. The van der Waals surface area contributed by atoms with E-state index in [1.54, 1.807) is 0 Å². The van der Waals surface area contributed by atoms with Gasteiger partial charge in [0.15, 0.2) is 0 Å². The molecule has 0 unspecified atom stereocenters. The van der Waals surface area contributed by atoms with Crippen LogP contribution in [0.25, 0.3) is 0 Å². The van der Waals surface area contributed by atoms with Crippen LogP contribution in [-0.2, 0) is 17.3 Å². The average Bonchev–Trinajstić information content (AvgIpc) is 2.10. The molecule has 0 spiro atoms. The molecule has 0 N–H and O–H groups in total. The van der Waals surface area contributed by atoms with E-state index in [0.29, 0.717) is 0 Å². The van der Waals surface area contributed by atoms with E-state index < -0.39 is 0 Å². The molecule has 0 bridgehead atoms. The maximum atomic E-state index is 6.69. The van der Waals surface area contributed by atoms with Crippen LogP contribution in [-0.4, -0.2) is 0 Å². The van der Waals surface area contributed by atoms with Crippen molar-refractivity contribution in [2.75, 3.05) is 0 Å². The van der Waals surface area contributed by atoms with Crippen LogP contribution in [0.15, 0.2) is 30.3 Å². The van der Waals surface area contributed by atoms with Gasteiger partial charge in [0.2, 0.25) is 0 Å². The molecular formula is C8H5Cl2LiZn. The Morgan fingerprint density at radius 1 is 1.17 bits per heavy atom. The van der Waals surface area contributed by atoms with Crippen molar-refractivity contribution in [2.24, 2.45) is 0 Å². The van der Waals surface area contributed by atoms with Gasteiger partial charge in [0.25, 0.3) is 0 Å². The number of halogens is 2. The first-order valence-corrected chi connectivity index (χ1v) is 6.58. The first kappa shape index (κ1) is 18.4. The standard InChI is InChI=1S/C8H5.2ClH.Li.Zn/c1-2-8-6-4-3-5-7-8;;;;/h3-7H;2*1H;;/q-1;;;+1;+2/p-2. The van der Waals surface area contributed by atoms with Gasteiger partial charge in [-0.1, -0.05) is 18.2 Å². The molecule has 0 aliphatic rings. The van der Waals surface area contributed by atoms with E-state index in [0.717, 1.165) is 22.9 Å². The molecule has 0 amide bonds. The van der Waals surface area contributed by atoms with Crippen molar-refractivity contribution in [3.8, 4) is 5.92 Å². The smallest absolute Gasteiger partial charge is 1.00 e. The van der Waals surface area contributed by atoms with Gasteiger partial charge in [-0.15, -0.1) is 17.7 Å². The number of rotatable bonds is 0. The fraction of sp³-hybridized carbons (Fsp3) is 0. The Morgan fingerprint density at radius 3 is 1.83 bits per heavy atom. The van der Waals surface area contributed by atoms with E-state index in [-0.39, 0.29) is 31.3 Å². The summed E-state index contributed by atoms with van der Waals surface area (Å²) < 4.78 is 0. The monoisotopic (exact) mass is 242 g/mol. The van der Waals surface area contributed by atoms with E-state index >= 15 is 0 Å². The zero-order chi connectivity index (χ0) is 7.82. The minimum Gasteiger partial charge on any atom is 1.00 e. The fourth-order valence-corrected chi connectivity index (χ4v) is 0.521. The minimum atomic E-state index is 0. The molecule has 1 aromatic rings. The Kier molecular flexibility index (Phi) is 21.6. The summed E-state index contributed by atoms with van der Waals surface area (Å²) in [5.41, 5.74) is 0.826. The third kappa shape index (κ3) is 8.68. The van der Waals surface area contributed by atoms with Crippen molar-refractivity contribution in [1.29, 1.82) is 0 Å². The molecule has 0 heterocycles. The molecule has 0 aromatic heterocycles. The summed E-state index contributed by atoms with van der Waals surface area (Å²) in [5.74, 6) is 2.28. The third-order valence-corrected chi connectivity index (χ3v) is 0.918. The van der Waals surface area contributed by atoms with Gasteiger partial charge in [-0.2, -0.15) is 0 Å². The summed E-state index contributed by atoms with van der Waals surface area (Å²) in [6.45, 7) is 0. The van der Waals surface area contributed by atoms with E-state index in [2.05, 4.69) is 5.92 Å². The summed E-state index contributed by atoms with van der Waals surface area (Å²) in [5, 5.41) is 0. The molecule has 0 saturated carbocycles. The molecule has 1 aromatic carbocycles. The second-order valence-electron chi connectivity index (χ2n) is 1.49. The van der Waals surface area contributed by atoms with Crippen LogP contribution >= 0.6 is 9.69 Å². The Bertz CT molecular complexity index is 208. The van der Waals surface area contributed by atoms with Crippen LogP contribution in [0, 0.1) is 12.3 Å². The normalized spacial score (nSPS) is 5.83. The van der Waals surface area contributed by atoms with Gasteiger partial charge in [0, 0.05) is 0 Å². The van der Waals surface area contributed by atoms with Gasteiger partial charge >= 0.3 is 45.9 Å². The van der Waals surface area contributed by atoms with E-state index in [1.807, 2.05) is 30.3 Å². The summed E-state index contributed by atoms with van der Waals surface area (Å²) in [7, 11) is 4.76. The molecule has 0 aliphatic heterocycles. The van der Waals surface area contributed by atoms with Crippen molar-refractivity contribution >= 4 is 9.69 Å². The van der Waals surface area contributed by atoms with Gasteiger partial charge in [0.1, 0.15) is 0 Å². The molecule has 0 fully saturated rings. The summed E-state index contributed by atoms with van der Waals surface area (Å²) >= 11 is 0.847. The van der Waals surface area contributed by atoms with Crippen molar-refractivity contribution in [3.63, 3.8) is 0 Å². The number of hydrogen-bond acceptors (Lipinski definition) is 0. The van der Waals surface area contributed by atoms with Crippen LogP contribution in [0.4, 0.5) is 0 Å². The topological polar surface area (TPSA) is 0 Å². The first-order chi connectivity index (χ1) is 4.93. The predicted molar refractivity (Wildman–Crippen MR) is 38.5 cm³/mol. The SMILES string of the molecule is [C-]#Cc1ccccc1.[Cl-].[Cl][Zn+].[Li+]. The fourth-order valence-electron chi connectivity index (χ4n) is 0.521. The van der Waals surface area contributed by atoms with E-state index in [1.165, 1.54) is 0 Å². The van der Waals surface area contributed by atoms with Crippen LogP contribution in [0.2, 0.25) is 0 Å². The Hall–Kier alpha value is 0.581. The Morgan fingerprint density at radius 2 is 1.58 bits per heavy atom. The molecule has 12 heavy (non-hydrogen) atoms. The largest absolute Gasteiger partial charge is 1.00 e. The first-order valence-electron chi connectivity index (χ1n) is 2.68. The summed E-state index contributed by atoms with van der Waals surface area (Å²) in [6.07, 6.45) is 6.69. The van der Waals surface area contributed by atoms with Crippen LogP contribution < -0.4 is 31.3 Å². The quantitative estimate of drug-likeness (QED) is 0.251. The third-order valence-electron chi connectivity index (χ3n) is 0.918. The van der Waals surface area contributed by atoms with E-state index in [4.69, 9.17) is 16.1 Å². The molecule has 1 rings (SSSR count). The van der Waals surface area contributed by atoms with Gasteiger partial charge in [-0.05, 0) is 0 Å². The zero-order valence-corrected chi connectivity index (χ0v) is 11.3. The molecule has 0 radical (unpaired) electrons. The van der Waals surface area contributed by atoms with E-state index in [9.17, 15) is 0 Å². The predicted octanol–water partition coefficient (Wildman–Crippen LogP) is -3.68. The van der Waals surface area contributed by atoms with Crippen molar-refractivity contribution in [2.45, 2.75) is 0 Å². The molecule has 0 saturated heterocycles. The summed E-state index contributed by atoms with van der Waals surface area (Å²) in [6, 6.07) is 9.37. The van der Waals surface area contributed by atoms with Gasteiger partial charge in [-0.3, -0.25) is 5.92 Å². The van der Waals surface area contributed by atoms with Crippen molar-refractivity contribution in [1.82, 2.24) is 0 Å². The molecule has 54 valence electrons. The maximum Gasteiger partial charge on any atom is 1.00 e. The van der Waals surface area contributed by atoms with Crippen LogP contribution in [0.3, 0.4) is 0 Å². The molecule has 4 heteroatoms. The Labute approximate surface area is 106 Å². The van der Waals surface area contributed by atoms with Crippen molar-refractivity contribution in [3.05, 3.63) is 42.3 Å². The number of hydrogen-bond donors (Lipinski definition) is 0. The van der Waals surface area contributed by atoms with Crippen molar-refractivity contribution < 1.29 is 48.6 Å². The molecule has 0 aliphatic carbocycles. The summed E-state index contributed by atoms with van der Waals surface area (Å²) in [4.78, 5) is 0. The minimum absolute atomic E-state index is 0. The second kappa shape index (κ2) is 14.1. The van der Waals surface area contributed by atoms with Crippen LogP contribution in [0.5, 0.6) is 0 Å². The maximum absolute atomic E-state index is 6.69. The number of benzene rings is 1. The van der Waals surface area contributed by atoms with Gasteiger partial charge in [0.05, 0.1) is 0 Å². The zero-order valence-electron chi connectivity index (χ0n) is 6.85. The molecular weight excluding hydrogens is 239 g/mol. The van der Waals surface area contributed by atoms with Gasteiger partial charge in [-0.25, -0.2) is 0 Å². The Balaban J connectivity index is -0.000000189. The van der Waals surface area contributed by atoms with Crippen LogP contribution in [0.1, 0.15) is 5.56 Å². The molecule has 0 nitrogen and oxygen atoms in total. The van der Waals surface area contributed by atoms with Gasteiger partial charge < -0.3 is 18.8 Å². The molecule has 0 atom stereocenters. The second-order valence-corrected chi connectivity index (χ2v) is 1.49.